The number of nitrogens with one attached hydrogen (secondary N) is 2. The molecule has 3 aromatic carbocycles. The van der Waals surface area contributed by atoms with Crippen LogP contribution in [0.15, 0.2) is 66.3 Å². The zero-order valence-corrected chi connectivity index (χ0v) is 52.6. The van der Waals surface area contributed by atoms with Crippen LogP contribution in [0.1, 0.15) is 101 Å². The standard InChI is InChI=1S/C64H71ClFN13O8S2/c1-35-55(88-34-73-35)38-15-13-37(14-16-38)29-72-60(82)45-26-40(80)30-78(45)61(83)56(63(3,4)5)74-47(81)18-25-84-23-9-24-85-41-27-64(19-8-22-77(64)31-41)33-87-62-75-53-50-54(51(65)49(52(53)66)43-10-6-12-46-48(43)44(28-68)58(70)89-46)86-32-39(17-20-67)79(59(50)76-62)36(2)42-11-7-21-71-57(42)69/h6-7,10-16,21,34,36,39-41,45,56,80H,8-9,17-19,22-27,29-33,70H2,1-5H3,(H2,69,71)(H,72,82)(H,74,81)/t36?,39-,40+,41?,45-,56+,64-/m0/s1. The van der Waals surface area contributed by atoms with Gasteiger partial charge in [0.2, 0.25) is 17.7 Å². The topological polar surface area (TPSA) is 293 Å². The second-order valence-corrected chi connectivity index (χ2v) is 26.6. The Bertz CT molecular complexity index is 3910. The summed E-state index contributed by atoms with van der Waals surface area (Å²) in [7, 11) is 0. The van der Waals surface area contributed by atoms with Crippen LogP contribution in [-0.4, -0.2) is 141 Å². The van der Waals surface area contributed by atoms with Gasteiger partial charge >= 0.3 is 6.01 Å². The number of hydrogen-bond donors (Lipinski definition) is 5. The maximum Gasteiger partial charge on any atom is 0.319 e. The molecule has 3 saturated heterocycles. The summed E-state index contributed by atoms with van der Waals surface area (Å²) in [6.45, 7) is 12.0. The molecule has 4 aliphatic heterocycles. The van der Waals surface area contributed by atoms with Crippen molar-refractivity contribution in [1.82, 2.24) is 40.4 Å². The third-order valence-corrected chi connectivity index (χ3v) is 19.7. The molecule has 4 aliphatic rings. The Morgan fingerprint density at radius 2 is 1.85 bits per heavy atom. The Hall–Kier alpha value is -7.81. The normalized spacial score (nSPS) is 20.6. The van der Waals surface area contributed by atoms with E-state index in [-0.39, 0.29) is 126 Å². The Morgan fingerprint density at radius 3 is 2.60 bits per heavy atom. The average Bonchev–Trinajstić information content (AvgIpc) is 1.74. The van der Waals surface area contributed by atoms with Gasteiger partial charge in [-0.15, -0.1) is 22.7 Å². The number of fused-ring (bicyclic) bond motifs is 2. The van der Waals surface area contributed by atoms with Crippen molar-refractivity contribution in [3.8, 4) is 45.5 Å². The first-order chi connectivity index (χ1) is 42.8. The molecule has 7 atom stereocenters. The number of anilines is 3. The quantitative estimate of drug-likeness (QED) is 0.0419. The third kappa shape index (κ3) is 12.7. The molecule has 25 heteroatoms. The van der Waals surface area contributed by atoms with Gasteiger partial charge in [-0.25, -0.2) is 14.4 Å². The van der Waals surface area contributed by atoms with Crippen LogP contribution in [0, 0.1) is 40.8 Å². The highest BCUT2D eigenvalue weighted by Crippen LogP contribution is 2.52. The SMILES string of the molecule is Cc1ncsc1-c1ccc(CNC(=O)[C@@H]2C[C@@H](O)CN2C(=O)[C@@H](NC(=O)CCOCCCOC2CN3CCC[C@@]3(COc3nc4c5c(c(Cl)c(-c6cccc7sc(N)c(C#N)c67)c(F)c5n3)OC[C@H](CC#N)N4C(C)c3cccnc3N)C2)C(C)(C)C)cc1. The molecule has 0 aliphatic carbocycles. The number of hydrogen-bond acceptors (Lipinski definition) is 20. The number of nitrogens with zero attached hydrogens (tertiary/aromatic N) is 9. The van der Waals surface area contributed by atoms with Crippen molar-refractivity contribution in [2.45, 2.75) is 128 Å². The lowest BCUT2D eigenvalue weighted by atomic mass is 9.85. The van der Waals surface area contributed by atoms with Crippen LogP contribution in [0.3, 0.4) is 0 Å². The molecule has 8 heterocycles. The fourth-order valence-corrected chi connectivity index (χ4v) is 15.0. The molecule has 0 saturated carbocycles. The van der Waals surface area contributed by atoms with E-state index in [0.717, 1.165) is 41.1 Å². The summed E-state index contributed by atoms with van der Waals surface area (Å²) < 4.78 is 44.2. The lowest BCUT2D eigenvalue weighted by molar-refractivity contribution is -0.144. The number of rotatable bonds is 21. The molecular weight excluding hydrogens is 1200 g/mol. The minimum Gasteiger partial charge on any atom is -0.489 e. The number of aryl methyl sites for hydroxylation is 1. The summed E-state index contributed by atoms with van der Waals surface area (Å²) in [4.78, 5) is 66.5. The van der Waals surface area contributed by atoms with Crippen molar-refractivity contribution in [2.75, 3.05) is 69.0 Å². The number of halogens is 2. The van der Waals surface area contributed by atoms with Crippen molar-refractivity contribution in [3.05, 3.63) is 99.5 Å². The van der Waals surface area contributed by atoms with Gasteiger partial charge in [0.25, 0.3) is 0 Å². The first-order valence-corrected chi connectivity index (χ1v) is 31.9. The number of ether oxygens (including phenoxy) is 4. The summed E-state index contributed by atoms with van der Waals surface area (Å²) in [6, 6.07) is 18.0. The van der Waals surface area contributed by atoms with Crippen LogP contribution in [-0.2, 0) is 30.4 Å². The Morgan fingerprint density at radius 1 is 1.04 bits per heavy atom. The number of aromatic nitrogens is 4. The summed E-state index contributed by atoms with van der Waals surface area (Å²) >= 11 is 10.1. The van der Waals surface area contributed by atoms with Gasteiger partial charge in [-0.1, -0.05) is 74.8 Å². The van der Waals surface area contributed by atoms with E-state index in [4.69, 9.17) is 52.0 Å². The van der Waals surface area contributed by atoms with E-state index in [1.807, 2.05) is 75.4 Å². The second kappa shape index (κ2) is 26.3. The van der Waals surface area contributed by atoms with Crippen LogP contribution >= 0.6 is 34.3 Å². The number of carbonyl (C=O) groups is 3. The number of nitriles is 2. The molecule has 466 valence electrons. The third-order valence-electron chi connectivity index (χ3n) is 17.4. The van der Waals surface area contributed by atoms with E-state index >= 15 is 4.39 Å². The van der Waals surface area contributed by atoms with Gasteiger partial charge in [0.05, 0.1) is 81.0 Å². The van der Waals surface area contributed by atoms with E-state index < -0.39 is 52.9 Å². The van der Waals surface area contributed by atoms with Gasteiger partial charge in [-0.05, 0) is 80.3 Å². The number of benzene rings is 3. The zero-order chi connectivity index (χ0) is 62.9. The van der Waals surface area contributed by atoms with Gasteiger partial charge in [-0.2, -0.15) is 20.5 Å². The molecule has 2 unspecified atom stereocenters. The van der Waals surface area contributed by atoms with Crippen molar-refractivity contribution in [3.63, 3.8) is 0 Å². The number of amides is 3. The van der Waals surface area contributed by atoms with Crippen LogP contribution in [0.2, 0.25) is 5.02 Å². The molecule has 11 rings (SSSR count). The fourth-order valence-electron chi connectivity index (χ4n) is 12.9. The molecular formula is C64H71ClFN13O8S2. The second-order valence-electron chi connectivity index (χ2n) is 24.3. The lowest BCUT2D eigenvalue weighted by Crippen LogP contribution is -2.57. The van der Waals surface area contributed by atoms with Gasteiger partial charge < -0.3 is 56.0 Å². The number of nitrogen functional groups attached to an aromatic ring is 2. The predicted molar refractivity (Wildman–Crippen MR) is 339 cm³/mol. The minimum absolute atomic E-state index is 0.00532. The molecule has 4 aromatic heterocycles. The highest BCUT2D eigenvalue weighted by atomic mass is 35.5. The van der Waals surface area contributed by atoms with Gasteiger partial charge in [0.15, 0.2) is 11.6 Å². The van der Waals surface area contributed by atoms with E-state index in [1.54, 1.807) is 41.8 Å². The van der Waals surface area contributed by atoms with Crippen molar-refractivity contribution >= 4 is 89.6 Å². The summed E-state index contributed by atoms with van der Waals surface area (Å²) in [5.74, 6) is -1.40. The van der Waals surface area contributed by atoms with Crippen LogP contribution in [0.25, 0.3) is 42.6 Å². The number of β-amino-alcohol motifs (C(OH)–C–C–N with tert-alkyl or cyclic N) is 1. The average molecular weight is 1270 g/mol. The fraction of sp³-hybridized carbons (Fsp3) is 0.453. The van der Waals surface area contributed by atoms with Crippen LogP contribution in [0.5, 0.6) is 11.8 Å². The Balaban J connectivity index is 0.722. The number of pyridine rings is 1. The number of thiazole rings is 1. The predicted octanol–water partition coefficient (Wildman–Crippen LogP) is 9.02. The summed E-state index contributed by atoms with van der Waals surface area (Å²) in [5.41, 5.74) is 17.3. The van der Waals surface area contributed by atoms with E-state index in [1.165, 1.54) is 16.2 Å². The molecule has 0 radical (unpaired) electrons. The van der Waals surface area contributed by atoms with Crippen molar-refractivity contribution in [2.24, 2.45) is 5.41 Å². The van der Waals surface area contributed by atoms with Crippen molar-refractivity contribution < 1.29 is 42.8 Å². The number of carbonyl (C=O) groups excluding carboxylic acids is 3. The first kappa shape index (κ1) is 62.8. The van der Waals surface area contributed by atoms with E-state index in [0.29, 0.717) is 53.8 Å². The van der Waals surface area contributed by atoms with Gasteiger partial charge in [0, 0.05) is 73.1 Å². The molecule has 3 fully saturated rings. The number of aliphatic hydroxyl groups is 1. The van der Waals surface area contributed by atoms with Crippen molar-refractivity contribution in [1.29, 1.82) is 10.5 Å². The smallest absolute Gasteiger partial charge is 0.319 e. The van der Waals surface area contributed by atoms with E-state index in [2.05, 4.69) is 37.6 Å². The van der Waals surface area contributed by atoms with Gasteiger partial charge in [0.1, 0.15) is 53.5 Å². The molecule has 3 amide bonds. The maximum atomic E-state index is 17.9. The molecule has 0 spiro atoms. The number of nitrogens with two attached hydrogens (primary N) is 2. The Kier molecular flexibility index (Phi) is 18.6. The maximum absolute atomic E-state index is 17.9. The number of aliphatic hydroxyl groups excluding tert-OH is 1. The minimum atomic E-state index is -0.974. The molecule has 7 N–H and O–H groups in total. The highest BCUT2D eigenvalue weighted by Gasteiger charge is 2.50. The molecule has 0 bridgehead atoms. The first-order valence-electron chi connectivity index (χ1n) is 29.8. The summed E-state index contributed by atoms with van der Waals surface area (Å²) in [6.07, 6.45) is 3.53. The largest absolute Gasteiger partial charge is 0.489 e. The van der Waals surface area contributed by atoms with Gasteiger partial charge in [-0.3, -0.25) is 19.3 Å². The lowest BCUT2D eigenvalue weighted by Gasteiger charge is -2.36. The molecule has 7 aromatic rings. The van der Waals surface area contributed by atoms with Crippen LogP contribution < -0.4 is 36.5 Å². The van der Waals surface area contributed by atoms with E-state index in [9.17, 15) is 30.0 Å². The summed E-state index contributed by atoms with van der Waals surface area (Å²) in [5, 5.41) is 37.9. The number of thiophene rings is 1. The monoisotopic (exact) mass is 1270 g/mol. The zero-order valence-electron chi connectivity index (χ0n) is 50.2. The van der Waals surface area contributed by atoms with Crippen LogP contribution in [0.4, 0.5) is 21.0 Å². The molecule has 21 nitrogen and oxygen atoms in total. The number of likely N-dealkylation sites (tertiary alicyclic amines) is 1. The Labute approximate surface area is 528 Å². The molecule has 89 heavy (non-hydrogen) atoms. The highest BCUT2D eigenvalue weighted by molar-refractivity contribution is 7.23.